The fourth-order valence-electron chi connectivity index (χ4n) is 3.30. The fourth-order valence-corrected chi connectivity index (χ4v) is 3.30. The molecule has 1 N–H and O–H groups in total. The summed E-state index contributed by atoms with van der Waals surface area (Å²) in [6, 6.07) is 0.283. The van der Waals surface area contributed by atoms with Crippen molar-refractivity contribution in [1.29, 1.82) is 0 Å². The van der Waals surface area contributed by atoms with E-state index >= 15 is 0 Å². The van der Waals surface area contributed by atoms with Crippen LogP contribution in [0.3, 0.4) is 0 Å². The van der Waals surface area contributed by atoms with E-state index in [1.807, 2.05) is 4.90 Å². The standard InChI is InChI=1S/C14H24N2O3/c1-14(9-15-10-14)19-8-13(17)16-6-7-18-12-5-3-2-4-11(12)16/h11-12,15H,2-10H2,1H3. The van der Waals surface area contributed by atoms with Gasteiger partial charge in [0.15, 0.2) is 0 Å². The lowest BCUT2D eigenvalue weighted by molar-refractivity contribution is -0.161. The number of hydrogen-bond donors (Lipinski definition) is 1. The maximum atomic E-state index is 12.4. The van der Waals surface area contributed by atoms with Crippen molar-refractivity contribution in [1.82, 2.24) is 10.2 Å². The van der Waals surface area contributed by atoms with E-state index in [0.717, 1.165) is 32.5 Å². The van der Waals surface area contributed by atoms with E-state index in [2.05, 4.69) is 12.2 Å². The highest BCUT2D eigenvalue weighted by atomic mass is 16.5. The Morgan fingerprint density at radius 3 is 2.95 bits per heavy atom. The number of fused-ring (bicyclic) bond motifs is 1. The Bertz CT molecular complexity index is 342. The van der Waals surface area contributed by atoms with E-state index in [1.165, 1.54) is 12.8 Å². The molecule has 0 aromatic carbocycles. The van der Waals surface area contributed by atoms with Crippen molar-refractivity contribution >= 4 is 5.91 Å². The van der Waals surface area contributed by atoms with E-state index in [0.29, 0.717) is 6.61 Å². The van der Waals surface area contributed by atoms with Gasteiger partial charge in [-0.15, -0.1) is 0 Å². The number of carbonyl (C=O) groups is 1. The summed E-state index contributed by atoms with van der Waals surface area (Å²) in [6.45, 7) is 5.34. The number of amides is 1. The van der Waals surface area contributed by atoms with Gasteiger partial charge >= 0.3 is 0 Å². The second kappa shape index (κ2) is 5.38. The second-order valence-corrected chi connectivity index (χ2v) is 6.19. The molecular weight excluding hydrogens is 244 g/mol. The Balaban J connectivity index is 1.55. The molecule has 0 spiro atoms. The Labute approximate surface area is 114 Å². The van der Waals surface area contributed by atoms with Gasteiger partial charge in [-0.25, -0.2) is 0 Å². The van der Waals surface area contributed by atoms with Crippen molar-refractivity contribution in [3.8, 4) is 0 Å². The molecule has 1 aliphatic carbocycles. The molecule has 2 saturated heterocycles. The molecule has 2 atom stereocenters. The van der Waals surface area contributed by atoms with Crippen LogP contribution < -0.4 is 5.32 Å². The van der Waals surface area contributed by atoms with Crippen LogP contribution in [-0.4, -0.2) is 61.4 Å². The third-order valence-electron chi connectivity index (χ3n) is 4.59. The van der Waals surface area contributed by atoms with Crippen molar-refractivity contribution in [2.45, 2.75) is 50.4 Å². The van der Waals surface area contributed by atoms with Gasteiger partial charge in [-0.2, -0.15) is 0 Å². The van der Waals surface area contributed by atoms with Crippen LogP contribution in [0.5, 0.6) is 0 Å². The van der Waals surface area contributed by atoms with Gasteiger partial charge in [-0.1, -0.05) is 12.8 Å². The summed E-state index contributed by atoms with van der Waals surface area (Å²) in [5, 5.41) is 3.18. The van der Waals surface area contributed by atoms with Gasteiger partial charge in [0, 0.05) is 19.6 Å². The summed E-state index contributed by atoms with van der Waals surface area (Å²) >= 11 is 0. The Morgan fingerprint density at radius 1 is 1.42 bits per heavy atom. The van der Waals surface area contributed by atoms with Crippen molar-refractivity contribution < 1.29 is 14.3 Å². The number of carbonyl (C=O) groups excluding carboxylic acids is 1. The summed E-state index contributed by atoms with van der Waals surface area (Å²) in [5.74, 6) is 0.133. The minimum absolute atomic E-state index is 0.133. The highest BCUT2D eigenvalue weighted by Gasteiger charge is 2.38. The zero-order valence-corrected chi connectivity index (χ0v) is 11.7. The van der Waals surface area contributed by atoms with Crippen molar-refractivity contribution in [2.75, 3.05) is 32.8 Å². The molecule has 2 aliphatic heterocycles. The smallest absolute Gasteiger partial charge is 0.249 e. The van der Waals surface area contributed by atoms with E-state index < -0.39 is 0 Å². The van der Waals surface area contributed by atoms with Gasteiger partial charge < -0.3 is 19.7 Å². The highest BCUT2D eigenvalue weighted by Crippen LogP contribution is 2.28. The normalized spacial score (nSPS) is 33.4. The molecule has 0 aromatic heterocycles. The van der Waals surface area contributed by atoms with Crippen LogP contribution in [0.15, 0.2) is 0 Å². The molecular formula is C14H24N2O3. The first-order valence-electron chi connectivity index (χ1n) is 7.44. The molecule has 1 saturated carbocycles. The van der Waals surface area contributed by atoms with Crippen molar-refractivity contribution in [2.24, 2.45) is 0 Å². The minimum Gasteiger partial charge on any atom is -0.374 e. The first kappa shape index (κ1) is 13.3. The Hall–Kier alpha value is -0.650. The van der Waals surface area contributed by atoms with Gasteiger partial charge in [0.25, 0.3) is 0 Å². The zero-order chi connectivity index (χ0) is 13.3. The number of hydrogen-bond acceptors (Lipinski definition) is 4. The molecule has 5 nitrogen and oxygen atoms in total. The largest absolute Gasteiger partial charge is 0.374 e. The average molecular weight is 268 g/mol. The average Bonchev–Trinajstić information content (AvgIpc) is 2.42. The van der Waals surface area contributed by atoms with E-state index in [9.17, 15) is 4.79 Å². The fraction of sp³-hybridized carbons (Fsp3) is 0.929. The van der Waals surface area contributed by atoms with Gasteiger partial charge in [0.2, 0.25) is 5.91 Å². The number of ether oxygens (including phenoxy) is 2. The molecule has 5 heteroatoms. The quantitative estimate of drug-likeness (QED) is 0.811. The van der Waals surface area contributed by atoms with Crippen LogP contribution in [0.2, 0.25) is 0 Å². The van der Waals surface area contributed by atoms with Crippen LogP contribution in [0.4, 0.5) is 0 Å². The van der Waals surface area contributed by atoms with Gasteiger partial charge in [0.05, 0.1) is 24.4 Å². The molecule has 3 aliphatic rings. The first-order chi connectivity index (χ1) is 9.18. The summed E-state index contributed by atoms with van der Waals surface area (Å²) in [5.41, 5.74) is -0.145. The maximum absolute atomic E-state index is 12.4. The number of rotatable bonds is 3. The Morgan fingerprint density at radius 2 is 2.21 bits per heavy atom. The summed E-state index contributed by atoms with van der Waals surface area (Å²) in [7, 11) is 0. The molecule has 0 radical (unpaired) electrons. The molecule has 1 amide bonds. The lowest BCUT2D eigenvalue weighted by Crippen LogP contribution is -2.61. The molecule has 2 unspecified atom stereocenters. The third-order valence-corrected chi connectivity index (χ3v) is 4.59. The molecule has 3 rings (SSSR count). The van der Waals surface area contributed by atoms with Crippen LogP contribution in [0.25, 0.3) is 0 Å². The molecule has 108 valence electrons. The van der Waals surface area contributed by atoms with Crippen LogP contribution >= 0.6 is 0 Å². The lowest BCUT2D eigenvalue weighted by atomic mass is 9.90. The number of morpholine rings is 1. The van der Waals surface area contributed by atoms with E-state index in [1.54, 1.807) is 0 Å². The topological polar surface area (TPSA) is 50.8 Å². The Kier molecular flexibility index (Phi) is 3.78. The summed E-state index contributed by atoms with van der Waals surface area (Å²) in [4.78, 5) is 14.4. The number of nitrogens with zero attached hydrogens (tertiary/aromatic N) is 1. The van der Waals surface area contributed by atoms with Gasteiger partial charge in [-0.3, -0.25) is 4.79 Å². The van der Waals surface area contributed by atoms with Crippen molar-refractivity contribution in [3.63, 3.8) is 0 Å². The highest BCUT2D eigenvalue weighted by molar-refractivity contribution is 5.78. The molecule has 2 heterocycles. The summed E-state index contributed by atoms with van der Waals surface area (Å²) < 4.78 is 11.6. The maximum Gasteiger partial charge on any atom is 0.249 e. The zero-order valence-electron chi connectivity index (χ0n) is 11.7. The minimum atomic E-state index is -0.145. The van der Waals surface area contributed by atoms with E-state index in [-0.39, 0.29) is 30.3 Å². The van der Waals surface area contributed by atoms with Crippen LogP contribution in [-0.2, 0) is 14.3 Å². The monoisotopic (exact) mass is 268 g/mol. The van der Waals surface area contributed by atoms with E-state index in [4.69, 9.17) is 9.47 Å². The van der Waals surface area contributed by atoms with Gasteiger partial charge in [-0.05, 0) is 19.8 Å². The molecule has 3 fully saturated rings. The van der Waals surface area contributed by atoms with Crippen LogP contribution in [0.1, 0.15) is 32.6 Å². The number of nitrogens with one attached hydrogen (secondary N) is 1. The predicted molar refractivity (Wildman–Crippen MR) is 70.9 cm³/mol. The first-order valence-corrected chi connectivity index (χ1v) is 7.44. The SMILES string of the molecule is CC1(OCC(=O)N2CCOC3CCCCC32)CNC1. The predicted octanol–water partition coefficient (Wildman–Crippen LogP) is 0.535. The van der Waals surface area contributed by atoms with Crippen LogP contribution in [0, 0.1) is 0 Å². The third kappa shape index (κ3) is 2.78. The molecule has 19 heavy (non-hydrogen) atoms. The van der Waals surface area contributed by atoms with Crippen molar-refractivity contribution in [3.05, 3.63) is 0 Å². The van der Waals surface area contributed by atoms with Gasteiger partial charge in [0.1, 0.15) is 6.61 Å². The molecule has 0 aromatic rings. The summed E-state index contributed by atoms with van der Waals surface area (Å²) in [6.07, 6.45) is 4.86. The molecule has 0 bridgehead atoms. The second-order valence-electron chi connectivity index (χ2n) is 6.19. The lowest BCUT2D eigenvalue weighted by Gasteiger charge is -2.44.